The summed E-state index contributed by atoms with van der Waals surface area (Å²) in [4.78, 5) is 0. The quantitative estimate of drug-likeness (QED) is 0.491. The van der Waals surface area contributed by atoms with Crippen molar-refractivity contribution in [2.75, 3.05) is 0 Å². The van der Waals surface area contributed by atoms with Crippen LogP contribution in [0.1, 0.15) is 22.3 Å². The van der Waals surface area contributed by atoms with Gasteiger partial charge in [-0.3, -0.25) is 10.8 Å². The summed E-state index contributed by atoms with van der Waals surface area (Å²) in [6.45, 7) is 4.14. The Morgan fingerprint density at radius 1 is 0.900 bits per heavy atom. The number of amidine groups is 2. The Morgan fingerprint density at radius 2 is 1.20 bits per heavy atom. The molecule has 0 heterocycles. The second-order valence-corrected chi connectivity index (χ2v) is 6.05. The highest BCUT2D eigenvalue weighted by Crippen LogP contribution is 2.24. The van der Waals surface area contributed by atoms with E-state index >= 15 is 0 Å². The maximum atomic E-state index is 7.26. The van der Waals surface area contributed by atoms with Gasteiger partial charge >= 0.3 is 0 Å². The van der Waals surface area contributed by atoms with Crippen molar-refractivity contribution in [3.63, 3.8) is 0 Å². The highest BCUT2D eigenvalue weighted by molar-refractivity contribution is 8.13. The fraction of sp³-hybridized carbons (Fsp3) is 0.333. The predicted molar refractivity (Wildman–Crippen MR) is 96.8 cm³/mol. The lowest BCUT2D eigenvalue weighted by molar-refractivity contribution is 1.21. The molecule has 1 rings (SSSR count). The van der Waals surface area contributed by atoms with E-state index in [1.807, 2.05) is 0 Å². The molecule has 0 spiro atoms. The van der Waals surface area contributed by atoms with E-state index in [9.17, 15) is 0 Å². The fourth-order valence-electron chi connectivity index (χ4n) is 1.52. The number of nitrogens with two attached hydrogens (primary N) is 2. The van der Waals surface area contributed by atoms with Gasteiger partial charge in [-0.1, -0.05) is 35.7 Å². The van der Waals surface area contributed by atoms with Crippen molar-refractivity contribution in [1.82, 2.24) is 0 Å². The summed E-state index contributed by atoms with van der Waals surface area (Å²) < 4.78 is 0. The number of hydrogen-bond acceptors (Lipinski definition) is 4. The molecule has 0 aliphatic heterocycles. The van der Waals surface area contributed by atoms with Crippen LogP contribution in [0.3, 0.4) is 0 Å². The first kappa shape index (κ1) is 21.7. The third-order valence-electron chi connectivity index (χ3n) is 2.58. The zero-order valence-electron chi connectivity index (χ0n) is 11.4. The first-order valence-electron chi connectivity index (χ1n) is 5.42. The summed E-state index contributed by atoms with van der Waals surface area (Å²) in [6, 6.07) is 4.25. The van der Waals surface area contributed by atoms with Gasteiger partial charge in [-0.25, -0.2) is 0 Å². The Hall–Kier alpha value is -0.560. The summed E-state index contributed by atoms with van der Waals surface area (Å²) in [6.07, 6.45) is 0. The number of nitrogens with one attached hydrogen (secondary N) is 2. The van der Waals surface area contributed by atoms with Crippen LogP contribution in [0.25, 0.3) is 0 Å². The molecule has 0 saturated heterocycles. The summed E-state index contributed by atoms with van der Waals surface area (Å²) >= 11 is 2.63. The molecular weight excluding hydrogens is 335 g/mol. The lowest BCUT2D eigenvalue weighted by Gasteiger charge is -2.12. The van der Waals surface area contributed by atoms with Gasteiger partial charge in [-0.2, -0.15) is 0 Å². The van der Waals surface area contributed by atoms with Gasteiger partial charge in [0.15, 0.2) is 10.3 Å². The van der Waals surface area contributed by atoms with Gasteiger partial charge in [0.2, 0.25) is 0 Å². The van der Waals surface area contributed by atoms with Crippen molar-refractivity contribution in [3.05, 3.63) is 34.4 Å². The molecule has 0 aromatic heterocycles. The monoisotopic (exact) mass is 354 g/mol. The van der Waals surface area contributed by atoms with Crippen LogP contribution in [-0.2, 0) is 11.5 Å². The topological polar surface area (TPSA) is 99.7 Å². The number of aryl methyl sites for hydroxylation is 2. The molecule has 114 valence electrons. The SMILES string of the molecule is Cc1cc(CSC(=N)N)c(CSC(=N)N)cc1C.Cl.Cl. The van der Waals surface area contributed by atoms with Crippen LogP contribution in [-0.4, -0.2) is 10.3 Å². The van der Waals surface area contributed by atoms with Gasteiger partial charge < -0.3 is 11.5 Å². The molecule has 1 aromatic carbocycles. The standard InChI is InChI=1S/C12H18N4S2.2ClH/c1-7-3-9(5-17-11(13)14)10(4-8(7)2)6-18-12(15)16;;/h3-4H,5-6H2,1-2H3,(H3,13,14)(H3,15,16);2*1H. The number of hydrogen-bond donors (Lipinski definition) is 4. The van der Waals surface area contributed by atoms with Crippen molar-refractivity contribution >= 4 is 58.7 Å². The Labute approximate surface area is 140 Å². The van der Waals surface area contributed by atoms with Gasteiger partial charge in [0, 0.05) is 11.5 Å². The lowest BCUT2D eigenvalue weighted by atomic mass is 10.0. The van der Waals surface area contributed by atoms with E-state index in [1.54, 1.807) is 0 Å². The molecule has 0 bridgehead atoms. The first-order chi connectivity index (χ1) is 8.40. The minimum Gasteiger partial charge on any atom is -0.379 e. The normalized spacial score (nSPS) is 9.30. The van der Waals surface area contributed by atoms with E-state index in [0.29, 0.717) is 11.5 Å². The molecule has 8 heteroatoms. The molecule has 0 aliphatic rings. The van der Waals surface area contributed by atoms with Gasteiger partial charge in [0.25, 0.3) is 0 Å². The van der Waals surface area contributed by atoms with Crippen molar-refractivity contribution in [2.24, 2.45) is 11.5 Å². The summed E-state index contributed by atoms with van der Waals surface area (Å²) in [5.74, 6) is 1.37. The lowest BCUT2D eigenvalue weighted by Crippen LogP contribution is -2.07. The number of benzene rings is 1. The Kier molecular flexibility index (Phi) is 11.1. The molecule has 0 atom stereocenters. The average molecular weight is 355 g/mol. The number of halogens is 2. The van der Waals surface area contributed by atoms with Crippen LogP contribution < -0.4 is 11.5 Å². The molecule has 0 amide bonds. The van der Waals surface area contributed by atoms with Crippen LogP contribution in [0.4, 0.5) is 0 Å². The highest BCUT2D eigenvalue weighted by atomic mass is 35.5. The average Bonchev–Trinajstić information content (AvgIpc) is 2.28. The molecular formula is C12H20Cl2N4S2. The highest BCUT2D eigenvalue weighted by Gasteiger charge is 2.07. The van der Waals surface area contributed by atoms with Crippen LogP contribution in [0.2, 0.25) is 0 Å². The molecule has 0 saturated carbocycles. The number of thioether (sulfide) groups is 2. The largest absolute Gasteiger partial charge is 0.379 e. The summed E-state index contributed by atoms with van der Waals surface area (Å²) in [5, 5.41) is 14.8. The zero-order chi connectivity index (χ0) is 13.7. The Balaban J connectivity index is 0. The zero-order valence-corrected chi connectivity index (χ0v) is 14.6. The molecule has 0 radical (unpaired) electrons. The smallest absolute Gasteiger partial charge is 0.151 e. The third-order valence-corrected chi connectivity index (χ3v) is 4.11. The molecule has 4 nitrogen and oxygen atoms in total. The van der Waals surface area contributed by atoms with Crippen LogP contribution in [0.15, 0.2) is 12.1 Å². The minimum atomic E-state index is 0. The fourth-order valence-corrected chi connectivity index (χ4v) is 2.67. The van der Waals surface area contributed by atoms with E-state index in [0.717, 1.165) is 11.1 Å². The Morgan fingerprint density at radius 3 is 1.45 bits per heavy atom. The Bertz CT molecular complexity index is 438. The van der Waals surface area contributed by atoms with Crippen molar-refractivity contribution in [1.29, 1.82) is 10.8 Å². The van der Waals surface area contributed by atoms with E-state index in [-0.39, 0.29) is 35.1 Å². The molecule has 0 aliphatic carbocycles. The van der Waals surface area contributed by atoms with E-state index in [4.69, 9.17) is 22.3 Å². The van der Waals surface area contributed by atoms with Gasteiger partial charge in [0.05, 0.1) is 0 Å². The summed E-state index contributed by atoms with van der Waals surface area (Å²) in [5.41, 5.74) is 15.5. The van der Waals surface area contributed by atoms with E-state index in [1.165, 1.54) is 34.7 Å². The molecule has 0 fully saturated rings. The molecule has 1 aromatic rings. The number of rotatable bonds is 4. The maximum absolute atomic E-state index is 7.26. The molecule has 20 heavy (non-hydrogen) atoms. The summed E-state index contributed by atoms with van der Waals surface area (Å²) in [7, 11) is 0. The maximum Gasteiger partial charge on any atom is 0.151 e. The third kappa shape index (κ3) is 7.28. The van der Waals surface area contributed by atoms with E-state index in [2.05, 4.69) is 26.0 Å². The van der Waals surface area contributed by atoms with Crippen LogP contribution >= 0.6 is 48.3 Å². The van der Waals surface area contributed by atoms with E-state index < -0.39 is 0 Å². The first-order valence-corrected chi connectivity index (χ1v) is 7.40. The van der Waals surface area contributed by atoms with Crippen molar-refractivity contribution in [2.45, 2.75) is 25.4 Å². The van der Waals surface area contributed by atoms with Crippen LogP contribution in [0.5, 0.6) is 0 Å². The van der Waals surface area contributed by atoms with Crippen molar-refractivity contribution < 1.29 is 0 Å². The second kappa shape index (κ2) is 10.2. The second-order valence-electron chi connectivity index (χ2n) is 4.01. The van der Waals surface area contributed by atoms with Crippen molar-refractivity contribution in [3.8, 4) is 0 Å². The molecule has 6 N–H and O–H groups in total. The van der Waals surface area contributed by atoms with Gasteiger partial charge in [-0.05, 0) is 36.1 Å². The predicted octanol–water partition coefficient (Wildman–Crippen LogP) is 3.40. The van der Waals surface area contributed by atoms with Crippen LogP contribution in [0, 0.1) is 24.7 Å². The van der Waals surface area contributed by atoms with Gasteiger partial charge in [0.1, 0.15) is 0 Å². The molecule has 0 unspecified atom stereocenters. The minimum absolute atomic E-state index is 0. The van der Waals surface area contributed by atoms with Gasteiger partial charge in [-0.15, -0.1) is 24.8 Å².